The summed E-state index contributed by atoms with van der Waals surface area (Å²) in [7, 11) is 0. The van der Waals surface area contributed by atoms with Gasteiger partial charge >= 0.3 is 0 Å². The van der Waals surface area contributed by atoms with E-state index in [-0.39, 0.29) is 0 Å². The number of primary amides is 1. The van der Waals surface area contributed by atoms with Crippen LogP contribution >= 0.6 is 11.6 Å². The van der Waals surface area contributed by atoms with Crippen molar-refractivity contribution in [2.45, 2.75) is 13.8 Å². The largest absolute Gasteiger partial charge is 0.382 e. The minimum absolute atomic E-state index is 0.377. The van der Waals surface area contributed by atoms with Gasteiger partial charge in [0.15, 0.2) is 10.8 Å². The number of fused-ring (bicyclic) bond motifs is 1. The number of carbonyl (C=O) groups excluding carboxylic acids is 1. The van der Waals surface area contributed by atoms with Gasteiger partial charge in [-0.2, -0.15) is 5.10 Å². The van der Waals surface area contributed by atoms with Crippen LogP contribution in [0.2, 0.25) is 5.15 Å². The van der Waals surface area contributed by atoms with E-state index in [0.717, 1.165) is 23.5 Å². The summed E-state index contributed by atoms with van der Waals surface area (Å²) in [5, 5.41) is 8.07. The molecule has 0 aliphatic carbocycles. The molecule has 0 radical (unpaired) electrons. The number of rotatable bonds is 5. The van der Waals surface area contributed by atoms with Crippen molar-refractivity contribution in [1.82, 2.24) is 14.6 Å². The van der Waals surface area contributed by atoms with Gasteiger partial charge in [-0.25, -0.2) is 9.50 Å². The van der Waals surface area contributed by atoms with E-state index in [4.69, 9.17) is 17.3 Å². The van der Waals surface area contributed by atoms with E-state index in [2.05, 4.69) is 29.2 Å². The number of aromatic nitrogens is 3. The smallest absolute Gasteiger partial charge is 0.248 e. The predicted molar refractivity (Wildman–Crippen MR) is 95.3 cm³/mol. The second-order valence-electron chi connectivity index (χ2n) is 5.98. The molecule has 0 aliphatic rings. The molecule has 3 N–H and O–H groups in total. The zero-order valence-corrected chi connectivity index (χ0v) is 14.2. The average molecular weight is 344 g/mol. The Bertz CT molecular complexity index is 886. The average Bonchev–Trinajstić information content (AvgIpc) is 2.96. The van der Waals surface area contributed by atoms with Crippen LogP contribution in [0.3, 0.4) is 0 Å². The first-order valence-electron chi connectivity index (χ1n) is 7.64. The zero-order valence-electron chi connectivity index (χ0n) is 13.5. The molecule has 7 heteroatoms. The summed E-state index contributed by atoms with van der Waals surface area (Å²) in [5.41, 5.74) is 8.93. The number of imidazole rings is 1. The normalized spacial score (nSPS) is 11.2. The Kier molecular flexibility index (Phi) is 4.40. The minimum atomic E-state index is -0.457. The maximum absolute atomic E-state index is 11.2. The lowest BCUT2D eigenvalue weighted by atomic mass is 10.1. The van der Waals surface area contributed by atoms with Crippen molar-refractivity contribution in [2.75, 3.05) is 11.9 Å². The van der Waals surface area contributed by atoms with E-state index in [1.807, 2.05) is 12.1 Å². The summed E-state index contributed by atoms with van der Waals surface area (Å²) in [6.45, 7) is 5.07. The van der Waals surface area contributed by atoms with Crippen molar-refractivity contribution < 1.29 is 4.79 Å². The van der Waals surface area contributed by atoms with Crippen LogP contribution in [0.15, 0.2) is 36.5 Å². The first-order chi connectivity index (χ1) is 11.5. The summed E-state index contributed by atoms with van der Waals surface area (Å²) in [4.78, 5) is 15.7. The third-order valence-electron chi connectivity index (χ3n) is 3.60. The molecule has 1 aromatic carbocycles. The molecular formula is C17H18ClN5O. The fraction of sp³-hybridized carbons (Fsp3) is 0.235. The van der Waals surface area contributed by atoms with Crippen LogP contribution in [0.25, 0.3) is 16.9 Å². The van der Waals surface area contributed by atoms with Gasteiger partial charge in [-0.05, 0) is 18.1 Å². The van der Waals surface area contributed by atoms with Crippen molar-refractivity contribution >= 4 is 28.8 Å². The second-order valence-corrected chi connectivity index (χ2v) is 6.36. The van der Waals surface area contributed by atoms with Gasteiger partial charge in [0.1, 0.15) is 0 Å². The molecule has 0 bridgehead atoms. The van der Waals surface area contributed by atoms with Crippen LogP contribution in [0.5, 0.6) is 0 Å². The molecule has 1 amide bonds. The van der Waals surface area contributed by atoms with E-state index >= 15 is 0 Å². The number of nitrogens with zero attached hydrogens (tertiary/aromatic N) is 3. The highest BCUT2D eigenvalue weighted by Gasteiger charge is 2.13. The number of benzene rings is 1. The Morgan fingerprint density at radius 3 is 2.67 bits per heavy atom. The van der Waals surface area contributed by atoms with Gasteiger partial charge < -0.3 is 11.1 Å². The molecule has 124 valence electrons. The monoisotopic (exact) mass is 343 g/mol. The molecule has 0 aliphatic heterocycles. The van der Waals surface area contributed by atoms with Crippen molar-refractivity contribution in [3.8, 4) is 11.3 Å². The molecule has 0 atom stereocenters. The Labute approximate surface area is 144 Å². The molecule has 0 saturated carbocycles. The summed E-state index contributed by atoms with van der Waals surface area (Å²) in [6, 6.07) is 8.76. The molecule has 3 rings (SSSR count). The summed E-state index contributed by atoms with van der Waals surface area (Å²) < 4.78 is 1.70. The minimum Gasteiger partial charge on any atom is -0.382 e. The van der Waals surface area contributed by atoms with Crippen molar-refractivity contribution in [3.63, 3.8) is 0 Å². The van der Waals surface area contributed by atoms with Gasteiger partial charge in [0.05, 0.1) is 17.6 Å². The second kappa shape index (κ2) is 6.49. The van der Waals surface area contributed by atoms with Gasteiger partial charge in [-0.1, -0.05) is 37.6 Å². The lowest BCUT2D eigenvalue weighted by molar-refractivity contribution is 0.100. The molecule has 24 heavy (non-hydrogen) atoms. The Morgan fingerprint density at radius 2 is 2.04 bits per heavy atom. The van der Waals surface area contributed by atoms with Crippen LogP contribution in [-0.2, 0) is 0 Å². The number of hydrogen-bond donors (Lipinski definition) is 2. The number of nitrogens with two attached hydrogens (primary N) is 1. The fourth-order valence-electron chi connectivity index (χ4n) is 2.38. The highest BCUT2D eigenvalue weighted by atomic mass is 35.5. The molecule has 0 fully saturated rings. The molecule has 2 heterocycles. The topological polar surface area (TPSA) is 85.3 Å². The van der Waals surface area contributed by atoms with Crippen LogP contribution in [-0.4, -0.2) is 27.0 Å². The van der Waals surface area contributed by atoms with E-state index in [1.165, 1.54) is 0 Å². The molecular weight excluding hydrogens is 326 g/mol. The Hall–Kier alpha value is -2.60. The number of halogens is 1. The Morgan fingerprint density at radius 1 is 1.33 bits per heavy atom. The van der Waals surface area contributed by atoms with E-state index in [0.29, 0.717) is 22.3 Å². The third kappa shape index (κ3) is 3.19. The van der Waals surface area contributed by atoms with E-state index in [1.54, 1.807) is 28.9 Å². The van der Waals surface area contributed by atoms with E-state index < -0.39 is 5.91 Å². The molecule has 3 aromatic rings. The van der Waals surface area contributed by atoms with Crippen LogP contribution < -0.4 is 11.1 Å². The van der Waals surface area contributed by atoms with Gasteiger partial charge in [-0.15, -0.1) is 0 Å². The molecule has 6 nitrogen and oxygen atoms in total. The van der Waals surface area contributed by atoms with Crippen LogP contribution in [0, 0.1) is 5.92 Å². The highest BCUT2D eigenvalue weighted by molar-refractivity contribution is 6.29. The molecule has 2 aromatic heterocycles. The summed E-state index contributed by atoms with van der Waals surface area (Å²) in [6.07, 6.45) is 1.73. The first kappa shape index (κ1) is 16.3. The highest BCUT2D eigenvalue weighted by Crippen LogP contribution is 2.26. The maximum Gasteiger partial charge on any atom is 0.248 e. The summed E-state index contributed by atoms with van der Waals surface area (Å²) in [5.74, 6) is 0.0359. The quantitative estimate of drug-likeness (QED) is 0.744. The fourth-order valence-corrected chi connectivity index (χ4v) is 2.57. The van der Waals surface area contributed by atoms with Gasteiger partial charge in [0, 0.05) is 23.7 Å². The third-order valence-corrected chi connectivity index (χ3v) is 3.79. The SMILES string of the molecule is CC(C)CNc1cc(Cl)nn2c(-c3ccc(C(N)=O)cc3)cnc12. The number of amides is 1. The van der Waals surface area contributed by atoms with Crippen LogP contribution in [0.4, 0.5) is 5.69 Å². The van der Waals surface area contributed by atoms with Crippen molar-refractivity contribution in [1.29, 1.82) is 0 Å². The van der Waals surface area contributed by atoms with Gasteiger partial charge in [-0.3, -0.25) is 4.79 Å². The van der Waals surface area contributed by atoms with Crippen LogP contribution in [0.1, 0.15) is 24.2 Å². The molecule has 0 unspecified atom stereocenters. The number of anilines is 1. The molecule has 0 saturated heterocycles. The van der Waals surface area contributed by atoms with Crippen molar-refractivity contribution in [2.24, 2.45) is 11.7 Å². The summed E-state index contributed by atoms with van der Waals surface area (Å²) >= 11 is 6.16. The lowest BCUT2D eigenvalue weighted by Gasteiger charge is -2.10. The lowest BCUT2D eigenvalue weighted by Crippen LogP contribution is -2.10. The van der Waals surface area contributed by atoms with E-state index in [9.17, 15) is 4.79 Å². The number of carbonyl (C=O) groups is 1. The maximum atomic E-state index is 11.2. The Balaban J connectivity index is 2.05. The predicted octanol–water partition coefficient (Wildman–Crippen LogP) is 3.22. The number of hydrogen-bond acceptors (Lipinski definition) is 4. The standard InChI is InChI=1S/C17H18ClN5O/c1-10(2)8-20-13-7-15(18)22-23-14(9-21-17(13)23)11-3-5-12(6-4-11)16(19)24/h3-7,9-10,20H,8H2,1-2H3,(H2,19,24). The van der Waals surface area contributed by atoms with Gasteiger partial charge in [0.25, 0.3) is 0 Å². The van der Waals surface area contributed by atoms with Crippen molar-refractivity contribution in [3.05, 3.63) is 47.2 Å². The first-order valence-corrected chi connectivity index (χ1v) is 8.02. The zero-order chi connectivity index (χ0) is 17.3. The van der Waals surface area contributed by atoms with Gasteiger partial charge in [0.2, 0.25) is 5.91 Å². The molecule has 0 spiro atoms. The number of nitrogens with one attached hydrogen (secondary N) is 1.